The number of hydrogen-bond donors (Lipinski definition) is 0. The Morgan fingerprint density at radius 3 is 2.10 bits per heavy atom. The molecule has 4 rings (SSSR count). The van der Waals surface area contributed by atoms with E-state index in [1.807, 2.05) is 0 Å². The van der Waals surface area contributed by atoms with Crippen LogP contribution in [0.25, 0.3) is 0 Å². The Hall–Kier alpha value is -1.03. The summed E-state index contributed by atoms with van der Waals surface area (Å²) in [6, 6.07) is 0.593. The van der Waals surface area contributed by atoms with Crippen LogP contribution in [-0.4, -0.2) is 65.8 Å². The van der Waals surface area contributed by atoms with E-state index in [9.17, 15) is 0 Å². The average molecular weight is 568 g/mol. The maximum Gasteiger partial charge on any atom is 0.0959 e. The predicted molar refractivity (Wildman–Crippen MR) is 181 cm³/mol. The van der Waals surface area contributed by atoms with Gasteiger partial charge in [-0.05, 0) is 56.5 Å². The molecule has 40 heavy (non-hydrogen) atoms. The highest BCUT2D eigenvalue weighted by Crippen LogP contribution is 2.69. The molecule has 0 aromatic rings. The van der Waals surface area contributed by atoms with Crippen molar-refractivity contribution in [2.45, 2.75) is 103 Å². The Morgan fingerprint density at radius 2 is 1.50 bits per heavy atom. The first kappa shape index (κ1) is 31.9. The van der Waals surface area contributed by atoms with Gasteiger partial charge in [0.2, 0.25) is 0 Å². The zero-order valence-electron chi connectivity index (χ0n) is 27.8. The molecule has 0 saturated carbocycles. The summed E-state index contributed by atoms with van der Waals surface area (Å²) in [6.45, 7) is 17.3. The Labute approximate surface area is 250 Å². The molecule has 4 aliphatic rings. The molecule has 0 radical (unpaired) electrons. The van der Waals surface area contributed by atoms with Gasteiger partial charge in [0.1, 0.15) is 0 Å². The van der Waals surface area contributed by atoms with E-state index >= 15 is 0 Å². The number of allylic oxidation sites excluding steroid dienone is 8. The molecule has 0 amide bonds. The van der Waals surface area contributed by atoms with E-state index < -0.39 is 10.0 Å². The Balaban J connectivity index is 1.87. The molecule has 1 saturated heterocycles. The molecule has 3 aliphatic carbocycles. The van der Waals surface area contributed by atoms with Crippen LogP contribution in [0.15, 0.2) is 59.8 Å². The van der Waals surface area contributed by atoms with Crippen molar-refractivity contribution < 1.29 is 4.59 Å². The van der Waals surface area contributed by atoms with Crippen molar-refractivity contribution in [1.29, 1.82) is 0 Å². The first-order valence-electron chi connectivity index (χ1n) is 16.7. The van der Waals surface area contributed by atoms with Crippen LogP contribution in [0, 0.1) is 29.1 Å². The molecular formula is C37H63N2S+. The van der Waals surface area contributed by atoms with Crippen LogP contribution in [0.2, 0.25) is 0 Å². The summed E-state index contributed by atoms with van der Waals surface area (Å²) in [5.41, 5.74) is 3.78. The Bertz CT molecular complexity index is 1030. The fourth-order valence-corrected chi connectivity index (χ4v) is 14.8. The fraction of sp³-hybridized carbons (Fsp3) is 0.730. The normalized spacial score (nSPS) is 36.6. The van der Waals surface area contributed by atoms with Crippen molar-refractivity contribution in [1.82, 2.24) is 5.01 Å². The van der Waals surface area contributed by atoms with Crippen LogP contribution < -0.4 is 0 Å². The first-order chi connectivity index (χ1) is 19.0. The lowest BCUT2D eigenvalue weighted by Crippen LogP contribution is -2.62. The van der Waals surface area contributed by atoms with Crippen LogP contribution in [0.3, 0.4) is 0 Å². The summed E-state index contributed by atoms with van der Waals surface area (Å²) in [4.78, 5) is 0. The van der Waals surface area contributed by atoms with Gasteiger partial charge in [-0.15, -0.1) is 0 Å². The predicted octanol–water partition coefficient (Wildman–Crippen LogP) is 9.33. The minimum atomic E-state index is -1.03. The monoisotopic (exact) mass is 567 g/mol. The van der Waals surface area contributed by atoms with Crippen LogP contribution >= 0.6 is 10.0 Å². The van der Waals surface area contributed by atoms with E-state index in [0.717, 1.165) is 4.59 Å². The quantitative estimate of drug-likeness (QED) is 0.178. The SMILES string of the molecule is CCCC[N+](C)(C)N1C[C@@](C)(CC)[C@H](S(C)(C)C2C(C)=C(CCC)C3C=CC=CC32)C2C=CC=C[C@H]2C1CCC. The lowest BCUT2D eigenvalue weighted by Gasteiger charge is -2.57. The third-order valence-electron chi connectivity index (χ3n) is 11.4. The standard InChI is InChI=1S/C37H63N2S/c1-11-15-26-39(7,8)38-27-37(6,14-4)36(33-25-19-17-23-31(33)34(38)21-13-3)40(9,10)35-28(5)29(20-12-2)30-22-16-18-24-32(30)35/h16-19,22-25,30-36H,11-15,20-21,26-27H2,1-10H3/q+1/t30?,31-,32?,33?,34?,35?,36-,37-/m1/s1. The van der Waals surface area contributed by atoms with E-state index in [4.69, 9.17) is 0 Å². The molecule has 0 aromatic carbocycles. The molecule has 0 spiro atoms. The highest BCUT2D eigenvalue weighted by Gasteiger charge is 2.58. The van der Waals surface area contributed by atoms with Crippen molar-refractivity contribution >= 4 is 10.0 Å². The zero-order chi connectivity index (χ0) is 29.3. The van der Waals surface area contributed by atoms with Gasteiger partial charge in [-0.2, -0.15) is 5.01 Å². The number of fused-ring (bicyclic) bond motifs is 2. The minimum absolute atomic E-state index is 0.263. The van der Waals surface area contributed by atoms with Crippen LogP contribution in [-0.2, 0) is 0 Å². The molecule has 2 nitrogen and oxygen atoms in total. The minimum Gasteiger partial charge on any atom is -0.248 e. The van der Waals surface area contributed by atoms with E-state index in [1.165, 1.54) is 58.0 Å². The second kappa shape index (κ2) is 12.7. The smallest absolute Gasteiger partial charge is 0.0959 e. The number of hydrogen-bond acceptors (Lipinski definition) is 1. The molecule has 0 aromatic heterocycles. The third kappa shape index (κ3) is 5.66. The van der Waals surface area contributed by atoms with Crippen molar-refractivity contribution in [2.24, 2.45) is 29.1 Å². The molecular weight excluding hydrogens is 504 g/mol. The molecule has 0 N–H and O–H groups in total. The summed E-state index contributed by atoms with van der Waals surface area (Å²) < 4.78 is 1.03. The first-order valence-corrected chi connectivity index (χ1v) is 19.3. The van der Waals surface area contributed by atoms with E-state index in [-0.39, 0.29) is 5.41 Å². The van der Waals surface area contributed by atoms with Crippen LogP contribution in [0.4, 0.5) is 0 Å². The van der Waals surface area contributed by atoms with E-state index in [2.05, 4.69) is 122 Å². The Morgan fingerprint density at radius 1 is 0.875 bits per heavy atom. The largest absolute Gasteiger partial charge is 0.248 e. The summed E-state index contributed by atoms with van der Waals surface area (Å²) in [7, 11) is 3.99. The average Bonchev–Trinajstić information content (AvgIpc) is 3.14. The number of unbranched alkanes of at least 4 members (excludes halogenated alkanes) is 1. The summed E-state index contributed by atoms with van der Waals surface area (Å²) in [5.74, 6) is 2.46. The molecule has 3 heteroatoms. The highest BCUT2D eigenvalue weighted by molar-refractivity contribution is 8.33. The maximum atomic E-state index is 2.99. The molecule has 226 valence electrons. The Kier molecular flexibility index (Phi) is 10.1. The van der Waals surface area contributed by atoms with E-state index in [0.29, 0.717) is 40.2 Å². The zero-order valence-corrected chi connectivity index (χ0v) is 28.6. The second-order valence-corrected chi connectivity index (χ2v) is 18.7. The highest BCUT2D eigenvalue weighted by atomic mass is 32.3. The van der Waals surface area contributed by atoms with Gasteiger partial charge in [0, 0.05) is 28.3 Å². The van der Waals surface area contributed by atoms with Gasteiger partial charge in [0.15, 0.2) is 0 Å². The van der Waals surface area contributed by atoms with Crippen molar-refractivity contribution in [2.75, 3.05) is 39.7 Å². The molecule has 0 bridgehead atoms. The third-order valence-corrected chi connectivity index (χ3v) is 15.6. The van der Waals surface area contributed by atoms with Gasteiger partial charge in [0.25, 0.3) is 0 Å². The van der Waals surface area contributed by atoms with Crippen LogP contribution in [0.1, 0.15) is 86.5 Å². The number of nitrogens with zero attached hydrogens (tertiary/aromatic N) is 2. The van der Waals surface area contributed by atoms with Crippen molar-refractivity contribution in [3.8, 4) is 0 Å². The van der Waals surface area contributed by atoms with Gasteiger partial charge < -0.3 is 0 Å². The summed E-state index contributed by atoms with van der Waals surface area (Å²) >= 11 is 0. The summed E-state index contributed by atoms with van der Waals surface area (Å²) in [6.07, 6.45) is 34.3. The maximum absolute atomic E-state index is 2.99. The second-order valence-electron chi connectivity index (χ2n) is 14.7. The summed E-state index contributed by atoms with van der Waals surface area (Å²) in [5, 5.41) is 4.35. The lowest BCUT2D eigenvalue weighted by molar-refractivity contribution is -1.01. The van der Waals surface area contributed by atoms with Crippen molar-refractivity contribution in [3.05, 3.63) is 59.8 Å². The molecule has 5 unspecified atom stereocenters. The van der Waals surface area contributed by atoms with Crippen LogP contribution in [0.5, 0.6) is 0 Å². The molecule has 8 atom stereocenters. The molecule has 1 heterocycles. The molecule has 1 fully saturated rings. The van der Waals surface area contributed by atoms with E-state index in [1.54, 1.807) is 11.1 Å². The van der Waals surface area contributed by atoms with Gasteiger partial charge in [0.05, 0.1) is 33.2 Å². The topological polar surface area (TPSA) is 3.24 Å². The van der Waals surface area contributed by atoms with Gasteiger partial charge in [-0.25, -0.2) is 14.6 Å². The molecule has 1 aliphatic heterocycles. The number of rotatable bonds is 11. The number of quaternary nitrogens is 1. The lowest BCUT2D eigenvalue weighted by atomic mass is 9.72. The van der Waals surface area contributed by atoms with Gasteiger partial charge >= 0.3 is 0 Å². The fourth-order valence-electron chi connectivity index (χ4n) is 9.57. The van der Waals surface area contributed by atoms with Gasteiger partial charge in [-0.3, -0.25) is 0 Å². The van der Waals surface area contributed by atoms with Crippen molar-refractivity contribution in [3.63, 3.8) is 0 Å². The van der Waals surface area contributed by atoms with Gasteiger partial charge in [-0.1, -0.05) is 114 Å².